The van der Waals surface area contributed by atoms with Crippen LogP contribution in [0.4, 0.5) is 5.13 Å². The Morgan fingerprint density at radius 2 is 2.15 bits per heavy atom. The Kier molecular flexibility index (Phi) is 3.50. The number of carbonyl (C=O) groups excluding carboxylic acids is 1. The van der Waals surface area contributed by atoms with Gasteiger partial charge < -0.3 is 0 Å². The molecule has 4 nitrogen and oxygen atoms in total. The molecule has 0 unspecified atom stereocenters. The number of fused-ring (bicyclic) bond motifs is 1. The Hall–Kier alpha value is -1.79. The van der Waals surface area contributed by atoms with E-state index in [0.717, 1.165) is 14.7 Å². The molecular formula is C14H10BrN3OS. The summed E-state index contributed by atoms with van der Waals surface area (Å²) in [6, 6.07) is 9.46. The van der Waals surface area contributed by atoms with E-state index in [9.17, 15) is 4.79 Å². The summed E-state index contributed by atoms with van der Waals surface area (Å²) >= 11 is 4.74. The largest absolute Gasteiger partial charge is 0.296 e. The van der Waals surface area contributed by atoms with Crippen LogP contribution < -0.4 is 5.32 Å². The van der Waals surface area contributed by atoms with Crippen LogP contribution in [-0.2, 0) is 0 Å². The third-order valence-electron chi connectivity index (χ3n) is 2.72. The number of nitrogens with zero attached hydrogens (tertiary/aromatic N) is 2. The van der Waals surface area contributed by atoms with Crippen LogP contribution >= 0.6 is 27.3 Å². The van der Waals surface area contributed by atoms with Crippen molar-refractivity contribution in [3.8, 4) is 0 Å². The minimum Gasteiger partial charge on any atom is -0.296 e. The molecule has 1 amide bonds. The molecule has 0 atom stereocenters. The number of hydrogen-bond donors (Lipinski definition) is 1. The maximum absolute atomic E-state index is 12.0. The highest BCUT2D eigenvalue weighted by molar-refractivity contribution is 9.10. The first-order chi connectivity index (χ1) is 9.61. The number of pyridine rings is 1. The summed E-state index contributed by atoms with van der Waals surface area (Å²) in [5.74, 6) is -0.256. The quantitative estimate of drug-likeness (QED) is 0.761. The summed E-state index contributed by atoms with van der Waals surface area (Å²) in [6.45, 7) is 2.03. The number of nitrogens with one attached hydrogen (secondary N) is 1. The number of anilines is 1. The van der Waals surface area contributed by atoms with E-state index < -0.39 is 0 Å². The van der Waals surface area contributed by atoms with E-state index in [1.807, 2.05) is 19.1 Å². The molecule has 0 aliphatic heterocycles. The van der Waals surface area contributed by atoms with Crippen LogP contribution in [0.15, 0.2) is 41.0 Å². The molecule has 3 aromatic rings. The first kappa shape index (κ1) is 13.2. The minimum absolute atomic E-state index is 0.256. The fourth-order valence-electron chi connectivity index (χ4n) is 1.76. The predicted molar refractivity (Wildman–Crippen MR) is 84.2 cm³/mol. The van der Waals surface area contributed by atoms with Gasteiger partial charge in [0.05, 0.1) is 10.2 Å². The molecule has 100 valence electrons. The van der Waals surface area contributed by atoms with Crippen LogP contribution in [0, 0.1) is 6.92 Å². The summed E-state index contributed by atoms with van der Waals surface area (Å²) in [5, 5.41) is 3.36. The molecule has 6 heteroatoms. The molecule has 0 saturated heterocycles. The van der Waals surface area contributed by atoms with Crippen LogP contribution in [0.5, 0.6) is 0 Å². The van der Waals surface area contributed by atoms with Crippen molar-refractivity contribution in [2.24, 2.45) is 0 Å². The van der Waals surface area contributed by atoms with Gasteiger partial charge in [-0.25, -0.2) is 9.97 Å². The summed E-state index contributed by atoms with van der Waals surface area (Å²) in [6.07, 6.45) is 1.59. The zero-order valence-electron chi connectivity index (χ0n) is 10.6. The van der Waals surface area contributed by atoms with Gasteiger partial charge in [0.15, 0.2) is 5.13 Å². The smallest absolute Gasteiger partial charge is 0.276 e. The van der Waals surface area contributed by atoms with E-state index in [2.05, 4.69) is 37.3 Å². The zero-order valence-corrected chi connectivity index (χ0v) is 13.0. The summed E-state index contributed by atoms with van der Waals surface area (Å²) < 4.78 is 1.90. The van der Waals surface area contributed by atoms with Crippen molar-refractivity contribution in [2.45, 2.75) is 6.92 Å². The number of thiazole rings is 1. The number of halogens is 1. The Morgan fingerprint density at radius 1 is 1.30 bits per heavy atom. The van der Waals surface area contributed by atoms with E-state index in [1.54, 1.807) is 18.3 Å². The topological polar surface area (TPSA) is 54.9 Å². The van der Waals surface area contributed by atoms with Crippen LogP contribution in [0.25, 0.3) is 10.2 Å². The monoisotopic (exact) mass is 347 g/mol. The lowest BCUT2D eigenvalue weighted by atomic mass is 10.2. The van der Waals surface area contributed by atoms with Crippen molar-refractivity contribution in [2.75, 3.05) is 5.32 Å². The molecule has 1 N–H and O–H groups in total. The van der Waals surface area contributed by atoms with Crippen molar-refractivity contribution in [1.82, 2.24) is 9.97 Å². The van der Waals surface area contributed by atoms with Gasteiger partial charge in [-0.15, -0.1) is 0 Å². The standard InChI is InChI=1S/C14H10BrN3OS/c1-8-2-4-10-12(6-8)20-14(17-10)18-13(19)11-5-3-9(15)7-16-11/h2-7H,1H3,(H,17,18,19). The molecule has 2 aromatic heterocycles. The summed E-state index contributed by atoms with van der Waals surface area (Å²) in [7, 11) is 0. The highest BCUT2D eigenvalue weighted by Gasteiger charge is 2.10. The van der Waals surface area contributed by atoms with Crippen molar-refractivity contribution in [3.63, 3.8) is 0 Å². The molecule has 0 bridgehead atoms. The molecule has 0 fully saturated rings. The predicted octanol–water partition coefficient (Wildman–Crippen LogP) is 4.01. The lowest BCUT2D eigenvalue weighted by Gasteiger charge is -2.00. The van der Waals surface area contributed by atoms with Crippen LogP contribution in [0.3, 0.4) is 0 Å². The van der Waals surface area contributed by atoms with Gasteiger partial charge in [0.1, 0.15) is 5.69 Å². The number of aryl methyl sites for hydroxylation is 1. The highest BCUT2D eigenvalue weighted by atomic mass is 79.9. The first-order valence-electron chi connectivity index (χ1n) is 5.92. The molecule has 2 heterocycles. The second kappa shape index (κ2) is 5.30. The average Bonchev–Trinajstić information content (AvgIpc) is 2.80. The number of rotatable bonds is 2. The third kappa shape index (κ3) is 2.71. The number of benzene rings is 1. The van der Waals surface area contributed by atoms with Gasteiger partial charge in [-0.1, -0.05) is 17.4 Å². The number of hydrogen-bond acceptors (Lipinski definition) is 4. The maximum Gasteiger partial charge on any atom is 0.276 e. The molecule has 0 aliphatic carbocycles. The molecule has 0 radical (unpaired) electrons. The van der Waals surface area contributed by atoms with Crippen molar-refractivity contribution in [3.05, 3.63) is 52.3 Å². The van der Waals surface area contributed by atoms with Crippen LogP contribution in [0.1, 0.15) is 16.1 Å². The van der Waals surface area contributed by atoms with Gasteiger partial charge in [-0.2, -0.15) is 0 Å². The Labute approximate surface area is 128 Å². The van der Waals surface area contributed by atoms with E-state index >= 15 is 0 Å². The average molecular weight is 348 g/mol. The third-order valence-corrected chi connectivity index (χ3v) is 4.13. The SMILES string of the molecule is Cc1ccc2nc(NC(=O)c3ccc(Br)cn3)sc2c1. The van der Waals surface area contributed by atoms with Crippen molar-refractivity contribution < 1.29 is 4.79 Å². The van der Waals surface area contributed by atoms with Crippen LogP contribution in [0.2, 0.25) is 0 Å². The van der Waals surface area contributed by atoms with Crippen molar-refractivity contribution >= 4 is 48.5 Å². The second-order valence-electron chi connectivity index (χ2n) is 4.31. The van der Waals surface area contributed by atoms with E-state index in [1.165, 1.54) is 16.9 Å². The summed E-state index contributed by atoms with van der Waals surface area (Å²) in [4.78, 5) is 20.5. The van der Waals surface area contributed by atoms with Crippen molar-refractivity contribution in [1.29, 1.82) is 0 Å². The van der Waals surface area contributed by atoms with Gasteiger partial charge in [0.2, 0.25) is 0 Å². The Balaban J connectivity index is 1.85. The fourth-order valence-corrected chi connectivity index (χ4v) is 2.95. The summed E-state index contributed by atoms with van der Waals surface area (Å²) in [5.41, 5.74) is 2.43. The maximum atomic E-state index is 12.0. The number of amides is 1. The first-order valence-corrected chi connectivity index (χ1v) is 7.53. The number of carbonyl (C=O) groups is 1. The molecule has 0 spiro atoms. The minimum atomic E-state index is -0.256. The lowest BCUT2D eigenvalue weighted by molar-refractivity contribution is 0.102. The van der Waals surface area contributed by atoms with Gasteiger partial charge in [0.25, 0.3) is 5.91 Å². The molecule has 0 saturated carbocycles. The van der Waals surface area contributed by atoms with Crippen LogP contribution in [-0.4, -0.2) is 15.9 Å². The number of aromatic nitrogens is 2. The van der Waals surface area contributed by atoms with Gasteiger partial charge in [-0.05, 0) is 52.7 Å². The normalized spacial score (nSPS) is 10.7. The van der Waals surface area contributed by atoms with E-state index in [-0.39, 0.29) is 5.91 Å². The van der Waals surface area contributed by atoms with E-state index in [0.29, 0.717) is 10.8 Å². The lowest BCUT2D eigenvalue weighted by Crippen LogP contribution is -2.13. The molecular weight excluding hydrogens is 338 g/mol. The van der Waals surface area contributed by atoms with Gasteiger partial charge in [0, 0.05) is 10.7 Å². The fraction of sp³-hybridized carbons (Fsp3) is 0.0714. The molecule has 20 heavy (non-hydrogen) atoms. The zero-order chi connectivity index (χ0) is 14.1. The second-order valence-corrected chi connectivity index (χ2v) is 6.25. The van der Waals surface area contributed by atoms with E-state index in [4.69, 9.17) is 0 Å². The molecule has 3 rings (SSSR count). The Morgan fingerprint density at radius 3 is 2.90 bits per heavy atom. The highest BCUT2D eigenvalue weighted by Crippen LogP contribution is 2.26. The molecule has 0 aliphatic rings. The van der Waals surface area contributed by atoms with Gasteiger partial charge >= 0.3 is 0 Å². The van der Waals surface area contributed by atoms with Gasteiger partial charge in [-0.3, -0.25) is 10.1 Å². The Bertz CT molecular complexity index is 783. The molecule has 1 aromatic carbocycles.